The Kier molecular flexibility index (Phi) is 4.65. The Bertz CT molecular complexity index is 1370. The number of phenols is 1. The van der Waals surface area contributed by atoms with Gasteiger partial charge in [-0.3, -0.25) is 19.3 Å². The number of Topliss-reactive ketones (excluding diaryl/α,β-unsaturated/α-hetero) is 2. The molecule has 1 fully saturated rings. The van der Waals surface area contributed by atoms with Gasteiger partial charge in [0.2, 0.25) is 5.78 Å². The first kappa shape index (κ1) is 22.1. The van der Waals surface area contributed by atoms with Crippen LogP contribution in [0.5, 0.6) is 5.75 Å². The highest BCUT2D eigenvalue weighted by molar-refractivity contribution is 6.24. The molecule has 2 aromatic carbocycles. The summed E-state index contributed by atoms with van der Waals surface area (Å²) in [6.07, 6.45) is 0.340. The quantitative estimate of drug-likeness (QED) is 0.413. The van der Waals surface area contributed by atoms with Crippen LogP contribution >= 0.6 is 0 Å². The van der Waals surface area contributed by atoms with E-state index in [1.54, 1.807) is 26.2 Å². The first-order chi connectivity index (χ1) is 16.0. The lowest BCUT2D eigenvalue weighted by Crippen LogP contribution is -2.65. The predicted molar refractivity (Wildman–Crippen MR) is 122 cm³/mol. The lowest BCUT2D eigenvalue weighted by molar-refractivity contribution is -0.153. The van der Waals surface area contributed by atoms with Crippen molar-refractivity contribution in [3.63, 3.8) is 0 Å². The zero-order valence-corrected chi connectivity index (χ0v) is 18.6. The minimum Gasteiger partial charge on any atom is -0.508 e. The molecule has 0 unspecified atom stereocenters. The molecular weight excluding hydrogens is 440 g/mol. The second kappa shape index (κ2) is 7.15. The topological polar surface area (TPSA) is 161 Å². The van der Waals surface area contributed by atoms with Crippen molar-refractivity contribution >= 4 is 34.0 Å². The van der Waals surface area contributed by atoms with Gasteiger partial charge in [0, 0.05) is 16.9 Å². The number of phenolic OH excluding ortho intramolecular Hbond substituents is 1. The number of rotatable bonds is 2. The predicted octanol–water partition coefficient (Wildman–Crippen LogP) is 1.12. The molecule has 9 heteroatoms. The van der Waals surface area contributed by atoms with Crippen LogP contribution in [0.3, 0.4) is 0 Å². The van der Waals surface area contributed by atoms with Gasteiger partial charge >= 0.3 is 0 Å². The summed E-state index contributed by atoms with van der Waals surface area (Å²) in [7, 11) is 3.13. The SMILES string of the molecule is CN(C)[C@@H]1C(=O)C(C(N)=O)=C(O)[C@@]2(O)C(=O)C3=C(O)c4c(cc5ccccc5c4O)C[C@H]3C[C@@H]12. The largest absolute Gasteiger partial charge is 0.508 e. The summed E-state index contributed by atoms with van der Waals surface area (Å²) in [5.74, 6) is -6.47. The summed E-state index contributed by atoms with van der Waals surface area (Å²) in [6.45, 7) is 0. The summed E-state index contributed by atoms with van der Waals surface area (Å²) in [5, 5.41) is 45.7. The van der Waals surface area contributed by atoms with Gasteiger partial charge in [0.25, 0.3) is 5.91 Å². The lowest BCUT2D eigenvalue weighted by Gasteiger charge is -2.50. The third-order valence-corrected chi connectivity index (χ3v) is 7.43. The second-order valence-corrected chi connectivity index (χ2v) is 9.44. The van der Waals surface area contributed by atoms with Crippen LogP contribution in [0.25, 0.3) is 16.5 Å². The number of benzene rings is 2. The van der Waals surface area contributed by atoms with Crippen molar-refractivity contribution in [3.8, 4) is 5.75 Å². The molecule has 5 rings (SSSR count). The number of hydrogen-bond donors (Lipinski definition) is 5. The maximum Gasteiger partial charge on any atom is 0.255 e. The van der Waals surface area contributed by atoms with E-state index < -0.39 is 58.0 Å². The first-order valence-electron chi connectivity index (χ1n) is 10.9. The van der Waals surface area contributed by atoms with Gasteiger partial charge in [-0.25, -0.2) is 0 Å². The van der Waals surface area contributed by atoms with Crippen LogP contribution in [-0.4, -0.2) is 68.5 Å². The molecule has 2 aromatic rings. The molecule has 34 heavy (non-hydrogen) atoms. The number of primary amides is 1. The third-order valence-electron chi connectivity index (χ3n) is 7.43. The molecule has 9 nitrogen and oxygen atoms in total. The minimum absolute atomic E-state index is 0.0688. The minimum atomic E-state index is -2.63. The Morgan fingerprint density at radius 3 is 2.47 bits per heavy atom. The molecule has 0 heterocycles. The highest BCUT2D eigenvalue weighted by Crippen LogP contribution is 2.53. The fourth-order valence-corrected chi connectivity index (χ4v) is 5.96. The summed E-state index contributed by atoms with van der Waals surface area (Å²) in [6, 6.07) is 7.81. The summed E-state index contributed by atoms with van der Waals surface area (Å²) < 4.78 is 0. The van der Waals surface area contributed by atoms with Crippen molar-refractivity contribution in [1.82, 2.24) is 4.90 Å². The Balaban J connectivity index is 1.76. The second-order valence-electron chi connectivity index (χ2n) is 9.44. The molecule has 0 saturated heterocycles. The number of aliphatic hydroxyl groups excluding tert-OH is 2. The molecule has 4 atom stereocenters. The van der Waals surface area contributed by atoms with Gasteiger partial charge in [-0.05, 0) is 43.8 Å². The highest BCUT2D eigenvalue weighted by atomic mass is 16.3. The number of hydrogen-bond acceptors (Lipinski definition) is 8. The molecule has 0 aliphatic heterocycles. The summed E-state index contributed by atoms with van der Waals surface area (Å²) >= 11 is 0. The molecular formula is C25H24N2O7. The summed E-state index contributed by atoms with van der Waals surface area (Å²) in [5.41, 5.74) is 2.43. The number of carbonyl (C=O) groups is 3. The van der Waals surface area contributed by atoms with E-state index in [0.717, 1.165) is 5.39 Å². The van der Waals surface area contributed by atoms with Crippen molar-refractivity contribution in [3.05, 3.63) is 58.4 Å². The fourth-order valence-electron chi connectivity index (χ4n) is 5.96. The van der Waals surface area contributed by atoms with Crippen molar-refractivity contribution in [2.45, 2.75) is 24.5 Å². The van der Waals surface area contributed by atoms with Gasteiger partial charge in [0.1, 0.15) is 22.8 Å². The molecule has 1 amide bonds. The molecule has 0 aromatic heterocycles. The number of nitrogens with two attached hydrogens (primary N) is 1. The van der Waals surface area contributed by atoms with Crippen LogP contribution in [0.4, 0.5) is 0 Å². The summed E-state index contributed by atoms with van der Waals surface area (Å²) in [4.78, 5) is 40.3. The van der Waals surface area contributed by atoms with E-state index in [4.69, 9.17) is 5.73 Å². The maximum atomic E-state index is 13.7. The van der Waals surface area contributed by atoms with E-state index in [1.807, 2.05) is 18.2 Å². The Labute approximate surface area is 194 Å². The average Bonchev–Trinajstić information content (AvgIpc) is 2.76. The van der Waals surface area contributed by atoms with Crippen LogP contribution in [0.15, 0.2) is 47.2 Å². The smallest absolute Gasteiger partial charge is 0.255 e. The normalized spacial score (nSPS) is 28.8. The van der Waals surface area contributed by atoms with Gasteiger partial charge in [0.05, 0.1) is 11.6 Å². The zero-order chi connectivity index (χ0) is 24.7. The van der Waals surface area contributed by atoms with Crippen LogP contribution in [0.2, 0.25) is 0 Å². The van der Waals surface area contributed by atoms with Crippen LogP contribution in [0.1, 0.15) is 17.5 Å². The number of amides is 1. The lowest BCUT2D eigenvalue weighted by atomic mass is 9.57. The van der Waals surface area contributed by atoms with E-state index in [0.29, 0.717) is 10.9 Å². The van der Waals surface area contributed by atoms with Crippen LogP contribution in [0, 0.1) is 11.8 Å². The van der Waals surface area contributed by atoms with E-state index >= 15 is 0 Å². The highest BCUT2D eigenvalue weighted by Gasteiger charge is 2.64. The number of likely N-dealkylation sites (N-methyl/N-ethyl adjacent to an activating group) is 1. The third kappa shape index (κ3) is 2.65. The molecule has 3 aliphatic carbocycles. The fraction of sp³-hybridized carbons (Fsp3) is 0.320. The van der Waals surface area contributed by atoms with Gasteiger partial charge in [-0.2, -0.15) is 0 Å². The number of aliphatic hydroxyl groups is 3. The Morgan fingerprint density at radius 1 is 1.15 bits per heavy atom. The standard InChI is InChI=1S/C25H24N2O7/c1-27(2)18-14-9-12-8-11-7-10-5-3-4-6-13(10)19(28)15(11)20(29)16(12)22(31)25(14,34)23(32)17(21(18)30)24(26)33/h3-7,12,14,18,28-29,32,34H,8-9H2,1-2H3,(H2,26,33)/t12-,14-,18-,25-/m0/s1. The molecule has 0 radical (unpaired) electrons. The Morgan fingerprint density at radius 2 is 1.82 bits per heavy atom. The van der Waals surface area contributed by atoms with E-state index in [2.05, 4.69) is 0 Å². The van der Waals surface area contributed by atoms with Gasteiger partial charge in [0.15, 0.2) is 11.4 Å². The maximum absolute atomic E-state index is 13.7. The van der Waals surface area contributed by atoms with Crippen molar-refractivity contribution < 1.29 is 34.8 Å². The number of nitrogens with zero attached hydrogens (tertiary/aromatic N) is 1. The average molecular weight is 464 g/mol. The van der Waals surface area contributed by atoms with Crippen molar-refractivity contribution in [1.29, 1.82) is 0 Å². The molecule has 176 valence electrons. The van der Waals surface area contributed by atoms with Gasteiger partial charge in [-0.1, -0.05) is 30.3 Å². The molecule has 0 bridgehead atoms. The molecule has 6 N–H and O–H groups in total. The van der Waals surface area contributed by atoms with E-state index in [9.17, 15) is 34.8 Å². The molecule has 0 spiro atoms. The Hall–Kier alpha value is -3.69. The molecule has 3 aliphatic rings. The van der Waals surface area contributed by atoms with Gasteiger partial charge < -0.3 is 26.2 Å². The molecule has 1 saturated carbocycles. The van der Waals surface area contributed by atoms with Crippen LogP contribution < -0.4 is 5.73 Å². The van der Waals surface area contributed by atoms with Crippen molar-refractivity contribution in [2.24, 2.45) is 17.6 Å². The van der Waals surface area contributed by atoms with E-state index in [-0.39, 0.29) is 29.7 Å². The van der Waals surface area contributed by atoms with Crippen LogP contribution in [-0.2, 0) is 20.8 Å². The first-order valence-corrected chi connectivity index (χ1v) is 10.9. The number of ketones is 2. The van der Waals surface area contributed by atoms with Crippen molar-refractivity contribution in [2.75, 3.05) is 14.1 Å². The number of aromatic hydroxyl groups is 1. The van der Waals surface area contributed by atoms with Gasteiger partial charge in [-0.15, -0.1) is 0 Å². The van der Waals surface area contributed by atoms with E-state index in [1.165, 1.54) is 4.90 Å². The number of fused-ring (bicyclic) bond motifs is 4. The number of carbonyl (C=O) groups excluding carboxylic acids is 3. The zero-order valence-electron chi connectivity index (χ0n) is 18.6. The monoisotopic (exact) mass is 464 g/mol.